The summed E-state index contributed by atoms with van der Waals surface area (Å²) in [5, 5.41) is 1.95. The Morgan fingerprint density at radius 2 is 1.88 bits per heavy atom. The summed E-state index contributed by atoms with van der Waals surface area (Å²) in [5.41, 5.74) is 4.02. The van der Waals surface area contributed by atoms with E-state index in [1.807, 2.05) is 52.8 Å². The Morgan fingerprint density at radius 3 is 2.50 bits per heavy atom. The third-order valence-electron chi connectivity index (χ3n) is 4.29. The molecule has 0 aliphatic carbocycles. The fourth-order valence-corrected chi connectivity index (χ4v) is 2.86. The van der Waals surface area contributed by atoms with Crippen molar-refractivity contribution in [2.24, 2.45) is 5.41 Å². The highest BCUT2D eigenvalue weighted by atomic mass is 16.5. The number of carbonyl (C=O) groups is 2. The maximum absolute atomic E-state index is 12.1. The number of carbonyl (C=O) groups excluding carboxylic acids is 2. The average Bonchev–Trinajstić information content (AvgIpc) is 2.89. The quantitative estimate of drug-likeness (QED) is 0.422. The Hall–Kier alpha value is -2.62. The molecule has 0 bridgehead atoms. The third-order valence-corrected chi connectivity index (χ3v) is 4.29. The fraction of sp³-hybridized carbons (Fsp3) is 0.300. The van der Waals surface area contributed by atoms with E-state index in [0.29, 0.717) is 11.3 Å². The van der Waals surface area contributed by atoms with Crippen LogP contribution in [0.25, 0.3) is 21.8 Å². The second-order valence-electron chi connectivity index (χ2n) is 7.25. The minimum Gasteiger partial charge on any atom is -0.426 e. The molecule has 3 rings (SSSR count). The van der Waals surface area contributed by atoms with Gasteiger partial charge in [0.25, 0.3) is 0 Å². The number of H-pyrrole nitrogens is 1. The first-order chi connectivity index (χ1) is 11.2. The van der Waals surface area contributed by atoms with Crippen molar-refractivity contribution in [1.29, 1.82) is 0 Å². The second-order valence-corrected chi connectivity index (χ2v) is 7.25. The molecule has 0 fully saturated rings. The first-order valence-electron chi connectivity index (χ1n) is 7.95. The van der Waals surface area contributed by atoms with E-state index in [1.165, 1.54) is 0 Å². The van der Waals surface area contributed by atoms with Crippen molar-refractivity contribution in [2.45, 2.75) is 34.6 Å². The number of hydrogen-bond donors (Lipinski definition) is 1. The van der Waals surface area contributed by atoms with Crippen molar-refractivity contribution in [3.8, 4) is 5.75 Å². The van der Waals surface area contributed by atoms with E-state index < -0.39 is 5.41 Å². The molecule has 1 N–H and O–H groups in total. The van der Waals surface area contributed by atoms with Crippen LogP contribution in [-0.4, -0.2) is 17.2 Å². The Kier molecular flexibility index (Phi) is 3.71. The molecule has 0 radical (unpaired) electrons. The molecule has 2 aromatic carbocycles. The molecule has 0 aliphatic rings. The first kappa shape index (κ1) is 16.2. The monoisotopic (exact) mass is 323 g/mol. The van der Waals surface area contributed by atoms with Crippen LogP contribution in [0.3, 0.4) is 0 Å². The van der Waals surface area contributed by atoms with Crippen molar-refractivity contribution in [2.75, 3.05) is 0 Å². The SMILES string of the molecule is Cc1cc(C=O)c(C)c2c1[nH]c1ccc(OC(=O)C(C)(C)C)cc12. The summed E-state index contributed by atoms with van der Waals surface area (Å²) in [6.07, 6.45) is 0.879. The molecule has 1 heterocycles. The number of aromatic nitrogens is 1. The largest absolute Gasteiger partial charge is 0.426 e. The molecule has 0 saturated carbocycles. The van der Waals surface area contributed by atoms with Crippen LogP contribution >= 0.6 is 0 Å². The minimum atomic E-state index is -0.563. The minimum absolute atomic E-state index is 0.275. The van der Waals surface area contributed by atoms with Crippen LogP contribution in [0.5, 0.6) is 5.75 Å². The highest BCUT2D eigenvalue weighted by molar-refractivity contribution is 6.12. The number of esters is 1. The molecule has 0 spiro atoms. The lowest BCUT2D eigenvalue weighted by atomic mass is 9.97. The number of aromatic amines is 1. The van der Waals surface area contributed by atoms with Crippen molar-refractivity contribution in [3.63, 3.8) is 0 Å². The highest BCUT2D eigenvalue weighted by Crippen LogP contribution is 2.34. The van der Waals surface area contributed by atoms with Crippen LogP contribution in [0, 0.1) is 19.3 Å². The smallest absolute Gasteiger partial charge is 0.316 e. The Labute approximate surface area is 140 Å². The molecule has 0 saturated heterocycles. The third kappa shape index (κ3) is 2.58. The lowest BCUT2D eigenvalue weighted by Gasteiger charge is -2.16. The van der Waals surface area contributed by atoms with Gasteiger partial charge < -0.3 is 9.72 Å². The molecule has 0 amide bonds. The van der Waals surface area contributed by atoms with Crippen molar-refractivity contribution >= 4 is 34.1 Å². The Balaban J connectivity index is 2.22. The average molecular weight is 323 g/mol. The van der Waals surface area contributed by atoms with Crippen LogP contribution < -0.4 is 4.74 Å². The van der Waals surface area contributed by atoms with Crippen LogP contribution in [0.4, 0.5) is 0 Å². The van der Waals surface area contributed by atoms with E-state index >= 15 is 0 Å². The normalized spacial score (nSPS) is 11.9. The van der Waals surface area contributed by atoms with Crippen LogP contribution in [0.15, 0.2) is 24.3 Å². The van der Waals surface area contributed by atoms with Gasteiger partial charge in [0, 0.05) is 27.4 Å². The lowest BCUT2D eigenvalue weighted by molar-refractivity contribution is -0.142. The zero-order valence-corrected chi connectivity index (χ0v) is 14.6. The van der Waals surface area contributed by atoms with Crippen LogP contribution in [0.1, 0.15) is 42.3 Å². The Morgan fingerprint density at radius 1 is 1.17 bits per heavy atom. The number of hydrogen-bond acceptors (Lipinski definition) is 3. The molecule has 4 heteroatoms. The molecular weight excluding hydrogens is 302 g/mol. The van der Waals surface area contributed by atoms with Crippen LogP contribution in [-0.2, 0) is 4.79 Å². The molecule has 24 heavy (non-hydrogen) atoms. The van der Waals surface area contributed by atoms with Gasteiger partial charge in [0.1, 0.15) is 12.0 Å². The van der Waals surface area contributed by atoms with E-state index in [-0.39, 0.29) is 5.97 Å². The summed E-state index contributed by atoms with van der Waals surface area (Å²) in [7, 11) is 0. The van der Waals surface area contributed by atoms with Gasteiger partial charge in [-0.1, -0.05) is 0 Å². The summed E-state index contributed by atoms with van der Waals surface area (Å²) < 4.78 is 5.51. The van der Waals surface area contributed by atoms with E-state index in [0.717, 1.165) is 39.2 Å². The van der Waals surface area contributed by atoms with Gasteiger partial charge in [-0.05, 0) is 70.0 Å². The molecular formula is C20H21NO3. The number of rotatable bonds is 2. The molecule has 4 nitrogen and oxygen atoms in total. The zero-order valence-electron chi connectivity index (χ0n) is 14.6. The molecule has 3 aromatic rings. The molecule has 124 valence electrons. The number of aryl methyl sites for hydroxylation is 2. The highest BCUT2D eigenvalue weighted by Gasteiger charge is 2.24. The summed E-state index contributed by atoms with van der Waals surface area (Å²) in [4.78, 5) is 26.8. The molecule has 0 aliphatic heterocycles. The number of nitrogens with one attached hydrogen (secondary N) is 1. The van der Waals surface area contributed by atoms with Crippen molar-refractivity contribution < 1.29 is 14.3 Å². The topological polar surface area (TPSA) is 59.2 Å². The molecule has 1 aromatic heterocycles. The summed E-state index contributed by atoms with van der Waals surface area (Å²) in [5.74, 6) is 0.236. The van der Waals surface area contributed by atoms with E-state index in [2.05, 4.69) is 4.98 Å². The summed E-state index contributed by atoms with van der Waals surface area (Å²) in [6.45, 7) is 9.38. The van der Waals surface area contributed by atoms with Gasteiger partial charge in [-0.25, -0.2) is 0 Å². The van der Waals surface area contributed by atoms with Crippen LogP contribution in [0.2, 0.25) is 0 Å². The predicted octanol–water partition coefficient (Wildman–Crippen LogP) is 4.70. The maximum Gasteiger partial charge on any atom is 0.316 e. The van der Waals surface area contributed by atoms with E-state index in [1.54, 1.807) is 6.07 Å². The van der Waals surface area contributed by atoms with E-state index in [4.69, 9.17) is 4.74 Å². The molecule has 0 atom stereocenters. The van der Waals surface area contributed by atoms with Gasteiger partial charge in [0.05, 0.1) is 5.41 Å². The lowest BCUT2D eigenvalue weighted by Crippen LogP contribution is -2.25. The number of ether oxygens (including phenoxy) is 1. The van der Waals surface area contributed by atoms with Gasteiger partial charge in [-0.15, -0.1) is 0 Å². The van der Waals surface area contributed by atoms with Crippen molar-refractivity contribution in [3.05, 3.63) is 41.0 Å². The fourth-order valence-electron chi connectivity index (χ4n) is 2.86. The van der Waals surface area contributed by atoms with Crippen molar-refractivity contribution in [1.82, 2.24) is 4.98 Å². The second kappa shape index (κ2) is 5.48. The molecule has 0 unspecified atom stereocenters. The number of benzene rings is 2. The first-order valence-corrected chi connectivity index (χ1v) is 7.95. The van der Waals surface area contributed by atoms with Gasteiger partial charge in [-0.3, -0.25) is 9.59 Å². The Bertz CT molecular complexity index is 974. The summed E-state index contributed by atoms with van der Waals surface area (Å²) >= 11 is 0. The van der Waals surface area contributed by atoms with Gasteiger partial charge in [-0.2, -0.15) is 0 Å². The number of fused-ring (bicyclic) bond motifs is 3. The summed E-state index contributed by atoms with van der Waals surface area (Å²) in [6, 6.07) is 7.44. The van der Waals surface area contributed by atoms with E-state index in [9.17, 15) is 9.59 Å². The van der Waals surface area contributed by atoms with Gasteiger partial charge in [0.2, 0.25) is 0 Å². The zero-order chi connectivity index (χ0) is 17.6. The van der Waals surface area contributed by atoms with Gasteiger partial charge >= 0.3 is 5.97 Å². The standard InChI is InChI=1S/C20H21NO3/c1-11-8-13(10-22)12(2)17-15-9-14(24-19(23)20(3,4)5)6-7-16(15)21-18(11)17/h6-10,21H,1-5H3. The number of aldehydes is 1. The maximum atomic E-state index is 12.1. The van der Waals surface area contributed by atoms with Gasteiger partial charge in [0.15, 0.2) is 0 Å². The predicted molar refractivity (Wildman–Crippen MR) is 95.8 cm³/mol.